The second-order valence-electron chi connectivity index (χ2n) is 8.91. The maximum absolute atomic E-state index is 13.7. The summed E-state index contributed by atoms with van der Waals surface area (Å²) in [7, 11) is 0. The number of rotatable bonds is 7. The third-order valence-corrected chi connectivity index (χ3v) is 6.27. The minimum absolute atomic E-state index is 0.0915. The van der Waals surface area contributed by atoms with Gasteiger partial charge in [0.1, 0.15) is 0 Å². The standard InChI is InChI=1S/C26H26F3N7O.C2H6/c27-26(28,29)23-12-22(6-3-18(23)16-36-9-7-30-8-10-36)34-24(37)15-31-21-4-1-17(2-5-21)19-11-20-14-33-35-25(20)32-13-19;1-2/h1-6,11-14,30-31H,7-10,15-16H2,(H,34,37)(H,32,33,35);1-2H3. The molecule has 3 heterocycles. The van der Waals surface area contributed by atoms with Gasteiger partial charge in [-0.2, -0.15) is 18.3 Å². The lowest BCUT2D eigenvalue weighted by Gasteiger charge is -2.28. The first-order chi connectivity index (χ1) is 18.8. The summed E-state index contributed by atoms with van der Waals surface area (Å²) in [6, 6.07) is 13.4. The Morgan fingerprint density at radius 2 is 1.69 bits per heavy atom. The smallest absolute Gasteiger partial charge is 0.376 e. The average Bonchev–Trinajstić information content (AvgIpc) is 3.42. The van der Waals surface area contributed by atoms with Crippen molar-refractivity contribution in [2.75, 3.05) is 43.4 Å². The van der Waals surface area contributed by atoms with Crippen molar-refractivity contribution in [2.24, 2.45) is 0 Å². The zero-order valence-electron chi connectivity index (χ0n) is 21.9. The highest BCUT2D eigenvalue weighted by Crippen LogP contribution is 2.34. The van der Waals surface area contributed by atoms with E-state index < -0.39 is 17.6 Å². The van der Waals surface area contributed by atoms with Gasteiger partial charge in [0, 0.05) is 61.2 Å². The number of amides is 1. The average molecular weight is 540 g/mol. The Bertz CT molecular complexity index is 1380. The number of halogens is 3. The molecule has 39 heavy (non-hydrogen) atoms. The van der Waals surface area contributed by atoms with Gasteiger partial charge in [-0.05, 0) is 41.5 Å². The molecule has 1 aliphatic heterocycles. The number of hydrogen-bond donors (Lipinski definition) is 4. The van der Waals surface area contributed by atoms with Crippen molar-refractivity contribution >= 4 is 28.3 Å². The molecule has 1 fully saturated rings. The summed E-state index contributed by atoms with van der Waals surface area (Å²) in [5, 5.41) is 16.4. The first-order valence-electron chi connectivity index (χ1n) is 12.9. The topological polar surface area (TPSA) is 98.0 Å². The molecule has 0 spiro atoms. The summed E-state index contributed by atoms with van der Waals surface area (Å²) in [5.74, 6) is -0.443. The molecule has 0 unspecified atom stereocenters. The predicted molar refractivity (Wildman–Crippen MR) is 147 cm³/mol. The molecule has 4 N–H and O–H groups in total. The first-order valence-corrected chi connectivity index (χ1v) is 12.9. The third kappa shape index (κ3) is 7.33. The van der Waals surface area contributed by atoms with E-state index in [0.717, 1.165) is 35.7 Å². The zero-order chi connectivity index (χ0) is 27.8. The molecule has 11 heteroatoms. The van der Waals surface area contributed by atoms with Gasteiger partial charge >= 0.3 is 6.18 Å². The highest BCUT2D eigenvalue weighted by molar-refractivity contribution is 5.94. The molecule has 1 saturated heterocycles. The van der Waals surface area contributed by atoms with Crippen LogP contribution in [0.1, 0.15) is 25.0 Å². The summed E-state index contributed by atoms with van der Waals surface area (Å²) >= 11 is 0. The molecule has 5 rings (SSSR count). The van der Waals surface area contributed by atoms with E-state index in [0.29, 0.717) is 24.4 Å². The van der Waals surface area contributed by atoms with Gasteiger partial charge in [-0.25, -0.2) is 4.98 Å². The Balaban J connectivity index is 0.00000172. The summed E-state index contributed by atoms with van der Waals surface area (Å²) in [4.78, 5) is 18.8. The lowest BCUT2D eigenvalue weighted by atomic mass is 10.0. The fraction of sp³-hybridized carbons (Fsp3) is 0.321. The summed E-state index contributed by atoms with van der Waals surface area (Å²) in [5.41, 5.74) is 2.89. The Hall–Kier alpha value is -3.96. The molecule has 8 nitrogen and oxygen atoms in total. The molecule has 1 amide bonds. The number of anilines is 2. The number of aromatic nitrogens is 3. The molecular weight excluding hydrogens is 507 g/mol. The number of hydrogen-bond acceptors (Lipinski definition) is 6. The summed E-state index contributed by atoms with van der Waals surface area (Å²) in [6.45, 7) is 7.02. The van der Waals surface area contributed by atoms with Gasteiger partial charge in [-0.15, -0.1) is 0 Å². The van der Waals surface area contributed by atoms with E-state index in [1.54, 1.807) is 12.4 Å². The number of carbonyl (C=O) groups is 1. The second kappa shape index (κ2) is 12.7. The Morgan fingerprint density at radius 3 is 2.41 bits per heavy atom. The van der Waals surface area contributed by atoms with Crippen LogP contribution in [-0.2, 0) is 17.5 Å². The zero-order valence-corrected chi connectivity index (χ0v) is 21.9. The highest BCUT2D eigenvalue weighted by Gasteiger charge is 2.34. The first kappa shape index (κ1) is 28.1. The van der Waals surface area contributed by atoms with Gasteiger partial charge in [0.25, 0.3) is 0 Å². The maximum Gasteiger partial charge on any atom is 0.416 e. The number of benzene rings is 2. The Morgan fingerprint density at radius 1 is 0.974 bits per heavy atom. The van der Waals surface area contributed by atoms with Crippen LogP contribution in [0.2, 0.25) is 0 Å². The van der Waals surface area contributed by atoms with Crippen LogP contribution < -0.4 is 16.0 Å². The largest absolute Gasteiger partial charge is 0.416 e. The summed E-state index contributed by atoms with van der Waals surface area (Å²) < 4.78 is 41.2. The van der Waals surface area contributed by atoms with Crippen molar-refractivity contribution in [3.8, 4) is 11.1 Å². The molecule has 0 atom stereocenters. The minimum Gasteiger partial charge on any atom is -0.376 e. The predicted octanol–water partition coefficient (Wildman–Crippen LogP) is 5.13. The molecule has 0 bridgehead atoms. The lowest BCUT2D eigenvalue weighted by Crippen LogP contribution is -2.43. The Kier molecular flexibility index (Phi) is 9.15. The molecule has 2 aromatic carbocycles. The third-order valence-electron chi connectivity index (χ3n) is 6.27. The normalized spacial score (nSPS) is 14.0. The van der Waals surface area contributed by atoms with Crippen molar-refractivity contribution in [2.45, 2.75) is 26.6 Å². The molecule has 0 saturated carbocycles. The van der Waals surface area contributed by atoms with Gasteiger partial charge in [0.15, 0.2) is 5.65 Å². The fourth-order valence-electron chi connectivity index (χ4n) is 4.33. The number of alkyl halides is 3. The van der Waals surface area contributed by atoms with Crippen molar-refractivity contribution < 1.29 is 18.0 Å². The van der Waals surface area contributed by atoms with Crippen LogP contribution in [0.4, 0.5) is 24.5 Å². The quantitative estimate of drug-likeness (QED) is 0.260. The molecule has 206 valence electrons. The number of H-pyrrole nitrogens is 1. The lowest BCUT2D eigenvalue weighted by molar-refractivity contribution is -0.138. The number of aromatic amines is 1. The van der Waals surface area contributed by atoms with Crippen LogP contribution in [0.15, 0.2) is 60.9 Å². The molecular formula is C28H32F3N7O. The van der Waals surface area contributed by atoms with Gasteiger partial charge < -0.3 is 16.0 Å². The van der Waals surface area contributed by atoms with Crippen LogP contribution in [0.5, 0.6) is 0 Å². The van der Waals surface area contributed by atoms with E-state index >= 15 is 0 Å². The number of fused-ring (bicyclic) bond motifs is 1. The molecule has 4 aromatic rings. The van der Waals surface area contributed by atoms with Crippen molar-refractivity contribution in [1.29, 1.82) is 0 Å². The number of nitrogens with zero attached hydrogens (tertiary/aromatic N) is 3. The molecule has 0 radical (unpaired) electrons. The van der Waals surface area contributed by atoms with Crippen molar-refractivity contribution in [3.63, 3.8) is 0 Å². The number of carbonyl (C=O) groups excluding carboxylic acids is 1. The van der Waals surface area contributed by atoms with Gasteiger partial charge in [0.05, 0.1) is 18.3 Å². The van der Waals surface area contributed by atoms with Crippen LogP contribution >= 0.6 is 0 Å². The number of pyridine rings is 1. The maximum atomic E-state index is 13.7. The van der Waals surface area contributed by atoms with Crippen LogP contribution in [0.3, 0.4) is 0 Å². The summed E-state index contributed by atoms with van der Waals surface area (Å²) in [6.07, 6.45) is -1.06. The monoisotopic (exact) mass is 539 g/mol. The van der Waals surface area contributed by atoms with Gasteiger partial charge in [0.2, 0.25) is 5.91 Å². The van der Waals surface area contributed by atoms with Gasteiger partial charge in [-0.1, -0.05) is 32.0 Å². The number of piperazine rings is 1. The minimum atomic E-state index is -4.51. The molecule has 0 aliphatic carbocycles. The van der Waals surface area contributed by atoms with E-state index in [4.69, 9.17) is 0 Å². The molecule has 1 aliphatic rings. The second-order valence-corrected chi connectivity index (χ2v) is 8.91. The van der Waals surface area contributed by atoms with Crippen molar-refractivity contribution in [3.05, 3.63) is 72.1 Å². The van der Waals surface area contributed by atoms with Crippen LogP contribution in [-0.4, -0.2) is 58.7 Å². The number of nitrogens with one attached hydrogen (secondary N) is 4. The van der Waals surface area contributed by atoms with Crippen LogP contribution in [0.25, 0.3) is 22.2 Å². The van der Waals surface area contributed by atoms with E-state index in [2.05, 4.69) is 31.1 Å². The fourth-order valence-corrected chi connectivity index (χ4v) is 4.33. The SMILES string of the molecule is CC.O=C(CNc1ccc(-c2cnc3[nH]ncc3c2)cc1)Nc1ccc(CN2CCNCC2)c(C(F)(F)F)c1. The van der Waals surface area contributed by atoms with E-state index in [-0.39, 0.29) is 24.3 Å². The van der Waals surface area contributed by atoms with Crippen molar-refractivity contribution in [1.82, 2.24) is 25.4 Å². The Labute approximate surface area is 225 Å². The van der Waals surface area contributed by atoms with Gasteiger partial charge in [-0.3, -0.25) is 14.8 Å². The van der Waals surface area contributed by atoms with E-state index in [1.165, 1.54) is 12.1 Å². The van der Waals surface area contributed by atoms with E-state index in [9.17, 15) is 18.0 Å². The highest BCUT2D eigenvalue weighted by atomic mass is 19.4. The van der Waals surface area contributed by atoms with Crippen LogP contribution in [0, 0.1) is 0 Å². The van der Waals surface area contributed by atoms with E-state index in [1.807, 2.05) is 49.1 Å². The molecule has 2 aromatic heterocycles.